The minimum absolute atomic E-state index is 0.268. The fraction of sp³-hybridized carbons (Fsp3) is 0.0400. The number of aromatic nitrogens is 4. The lowest BCUT2D eigenvalue weighted by atomic mass is 10.2. The van der Waals surface area contributed by atoms with E-state index in [0.717, 1.165) is 28.0 Å². The summed E-state index contributed by atoms with van der Waals surface area (Å²) in [5.74, 6) is -0.314. The third kappa shape index (κ3) is 3.79. The van der Waals surface area contributed by atoms with E-state index < -0.39 is 0 Å². The molecule has 0 bridgehead atoms. The highest BCUT2D eigenvalue weighted by Crippen LogP contribution is 2.22. The first-order chi connectivity index (χ1) is 15.7. The molecule has 0 saturated carbocycles. The van der Waals surface area contributed by atoms with Gasteiger partial charge in [0, 0.05) is 28.6 Å². The van der Waals surface area contributed by atoms with Gasteiger partial charge in [0.2, 0.25) is 0 Å². The molecule has 2 aromatic heterocycles. The largest absolute Gasteiger partial charge is 0.356 e. The number of carbonyl (C=O) groups excluding carboxylic acids is 1. The minimum atomic E-state index is -0.314. The van der Waals surface area contributed by atoms with Crippen LogP contribution in [0.2, 0.25) is 0 Å². The van der Waals surface area contributed by atoms with Gasteiger partial charge >= 0.3 is 0 Å². The lowest BCUT2D eigenvalue weighted by molar-refractivity contribution is 0.102. The maximum atomic E-state index is 12.9. The first-order valence-electron chi connectivity index (χ1n) is 10.2. The van der Waals surface area contributed by atoms with Gasteiger partial charge in [-0.1, -0.05) is 41.6 Å². The number of hydrogen-bond donors (Lipinski definition) is 2. The Morgan fingerprint density at radius 2 is 1.53 bits per heavy atom. The molecule has 0 aliphatic rings. The smallest absolute Gasteiger partial charge is 0.278 e. The lowest BCUT2D eigenvalue weighted by Crippen LogP contribution is -2.14. The van der Waals surface area contributed by atoms with Crippen molar-refractivity contribution >= 4 is 33.9 Å². The highest BCUT2D eigenvalue weighted by molar-refractivity contribution is 6.03. The summed E-state index contributed by atoms with van der Waals surface area (Å²) in [6.45, 7) is 1.82. The lowest BCUT2D eigenvalue weighted by Gasteiger charge is -2.09. The number of amides is 1. The Labute approximate surface area is 184 Å². The third-order valence-corrected chi connectivity index (χ3v) is 5.15. The Morgan fingerprint density at radius 1 is 0.812 bits per heavy atom. The first-order valence-corrected chi connectivity index (χ1v) is 10.2. The number of nitrogens with one attached hydrogen (secondary N) is 2. The molecular weight excluding hydrogens is 400 g/mol. The molecule has 156 valence electrons. The SMILES string of the molecule is Cc1c(C(=O)Nc2ccc(Nc3ccccc3)cc2)nnn1-c1cccc2cccnc12. The Kier molecular flexibility index (Phi) is 5.05. The predicted octanol–water partition coefficient (Wildman–Crippen LogP) is 5.12. The highest BCUT2D eigenvalue weighted by atomic mass is 16.2. The third-order valence-electron chi connectivity index (χ3n) is 5.15. The number of benzene rings is 3. The summed E-state index contributed by atoms with van der Waals surface area (Å²) in [6, 6.07) is 27.1. The number of rotatable bonds is 5. The fourth-order valence-corrected chi connectivity index (χ4v) is 3.54. The van der Waals surface area contributed by atoms with Crippen LogP contribution in [0.1, 0.15) is 16.2 Å². The summed E-state index contributed by atoms with van der Waals surface area (Å²) in [4.78, 5) is 17.3. The molecule has 0 saturated heterocycles. The van der Waals surface area contributed by atoms with Gasteiger partial charge in [-0.25, -0.2) is 4.68 Å². The van der Waals surface area contributed by atoms with E-state index >= 15 is 0 Å². The van der Waals surface area contributed by atoms with Crippen LogP contribution in [-0.2, 0) is 0 Å². The van der Waals surface area contributed by atoms with Crippen LogP contribution in [0.25, 0.3) is 16.6 Å². The first kappa shape index (κ1) is 19.4. The molecule has 0 aliphatic carbocycles. The van der Waals surface area contributed by atoms with Gasteiger partial charge in [0.1, 0.15) is 0 Å². The molecule has 1 amide bonds. The minimum Gasteiger partial charge on any atom is -0.356 e. The van der Waals surface area contributed by atoms with E-state index in [-0.39, 0.29) is 11.6 Å². The molecule has 3 aromatic carbocycles. The Bertz CT molecular complexity index is 1390. The number of nitrogens with zero attached hydrogens (tertiary/aromatic N) is 4. The average Bonchev–Trinajstić information content (AvgIpc) is 3.22. The van der Waals surface area contributed by atoms with E-state index in [0.29, 0.717) is 11.4 Å². The van der Waals surface area contributed by atoms with Crippen molar-refractivity contribution in [3.05, 3.63) is 103 Å². The van der Waals surface area contributed by atoms with Crippen molar-refractivity contribution in [2.24, 2.45) is 0 Å². The van der Waals surface area contributed by atoms with E-state index in [1.54, 1.807) is 10.9 Å². The molecule has 0 atom stereocenters. The number of fused-ring (bicyclic) bond motifs is 1. The quantitative estimate of drug-likeness (QED) is 0.412. The van der Waals surface area contributed by atoms with Crippen molar-refractivity contribution in [3.63, 3.8) is 0 Å². The Morgan fingerprint density at radius 3 is 2.34 bits per heavy atom. The molecule has 7 heteroatoms. The maximum absolute atomic E-state index is 12.9. The molecule has 0 unspecified atom stereocenters. The van der Waals surface area contributed by atoms with E-state index in [4.69, 9.17) is 0 Å². The van der Waals surface area contributed by atoms with Crippen molar-refractivity contribution in [2.45, 2.75) is 6.92 Å². The summed E-state index contributed by atoms with van der Waals surface area (Å²) in [5, 5.41) is 15.6. The summed E-state index contributed by atoms with van der Waals surface area (Å²) in [5.41, 5.74) is 5.10. The van der Waals surface area contributed by atoms with Crippen LogP contribution >= 0.6 is 0 Å². The molecule has 0 aliphatic heterocycles. The molecular formula is C25H20N6O. The average molecular weight is 420 g/mol. The zero-order valence-corrected chi connectivity index (χ0v) is 17.4. The normalized spacial score (nSPS) is 10.8. The molecule has 5 aromatic rings. The standard InChI is InChI=1S/C25H20N6O/c1-17-23(29-30-31(17)22-11-5-7-18-8-6-16-26-24(18)22)25(32)28-21-14-12-20(13-15-21)27-19-9-3-2-4-10-19/h2-16,27H,1H3,(H,28,32). The fourth-order valence-electron chi connectivity index (χ4n) is 3.54. The van der Waals surface area contributed by atoms with Gasteiger partial charge in [-0.2, -0.15) is 0 Å². The number of pyridine rings is 1. The molecule has 2 heterocycles. The predicted molar refractivity (Wildman–Crippen MR) is 126 cm³/mol. The Hall–Kier alpha value is -4.52. The van der Waals surface area contributed by atoms with Gasteiger partial charge in [0.15, 0.2) is 5.69 Å². The van der Waals surface area contributed by atoms with Gasteiger partial charge in [-0.05, 0) is 55.5 Å². The molecule has 0 radical (unpaired) electrons. The summed E-state index contributed by atoms with van der Waals surface area (Å²) < 4.78 is 1.65. The maximum Gasteiger partial charge on any atom is 0.278 e. The van der Waals surface area contributed by atoms with Crippen LogP contribution in [0.5, 0.6) is 0 Å². The van der Waals surface area contributed by atoms with Gasteiger partial charge in [0.25, 0.3) is 5.91 Å². The van der Waals surface area contributed by atoms with Gasteiger partial charge in [-0.3, -0.25) is 9.78 Å². The van der Waals surface area contributed by atoms with Gasteiger partial charge < -0.3 is 10.6 Å². The van der Waals surface area contributed by atoms with E-state index in [1.807, 2.05) is 91.9 Å². The van der Waals surface area contributed by atoms with Crippen LogP contribution in [0.15, 0.2) is 91.1 Å². The molecule has 5 rings (SSSR count). The molecule has 0 fully saturated rings. The van der Waals surface area contributed by atoms with E-state index in [2.05, 4.69) is 25.9 Å². The number of para-hydroxylation sites is 2. The Balaban J connectivity index is 1.35. The van der Waals surface area contributed by atoms with Gasteiger partial charge in [-0.15, -0.1) is 5.10 Å². The molecule has 2 N–H and O–H groups in total. The van der Waals surface area contributed by atoms with Crippen molar-refractivity contribution < 1.29 is 4.79 Å². The second-order valence-corrected chi connectivity index (χ2v) is 7.31. The van der Waals surface area contributed by atoms with Crippen LogP contribution < -0.4 is 10.6 Å². The summed E-state index contributed by atoms with van der Waals surface area (Å²) in [6.07, 6.45) is 1.74. The van der Waals surface area contributed by atoms with Crippen LogP contribution in [0, 0.1) is 6.92 Å². The summed E-state index contributed by atoms with van der Waals surface area (Å²) >= 11 is 0. The number of anilines is 3. The second-order valence-electron chi connectivity index (χ2n) is 7.31. The van der Waals surface area contributed by atoms with Crippen LogP contribution in [0.3, 0.4) is 0 Å². The van der Waals surface area contributed by atoms with Crippen molar-refractivity contribution in [1.29, 1.82) is 0 Å². The zero-order chi connectivity index (χ0) is 21.9. The monoisotopic (exact) mass is 420 g/mol. The van der Waals surface area contributed by atoms with Crippen molar-refractivity contribution in [3.8, 4) is 5.69 Å². The number of hydrogen-bond acceptors (Lipinski definition) is 5. The molecule has 7 nitrogen and oxygen atoms in total. The molecule has 32 heavy (non-hydrogen) atoms. The van der Waals surface area contributed by atoms with Crippen molar-refractivity contribution in [1.82, 2.24) is 20.0 Å². The number of carbonyl (C=O) groups is 1. The van der Waals surface area contributed by atoms with Crippen molar-refractivity contribution in [2.75, 3.05) is 10.6 Å². The van der Waals surface area contributed by atoms with E-state index in [9.17, 15) is 4.79 Å². The van der Waals surface area contributed by atoms with E-state index in [1.165, 1.54) is 0 Å². The topological polar surface area (TPSA) is 84.7 Å². The van der Waals surface area contributed by atoms with Gasteiger partial charge in [0.05, 0.1) is 16.9 Å². The summed E-state index contributed by atoms with van der Waals surface area (Å²) in [7, 11) is 0. The molecule has 0 spiro atoms. The highest BCUT2D eigenvalue weighted by Gasteiger charge is 2.19. The van der Waals surface area contributed by atoms with Crippen LogP contribution in [0.4, 0.5) is 17.1 Å². The second kappa shape index (κ2) is 8.31. The van der Waals surface area contributed by atoms with Crippen LogP contribution in [-0.4, -0.2) is 25.9 Å². The zero-order valence-electron chi connectivity index (χ0n) is 17.4.